The van der Waals surface area contributed by atoms with Crippen molar-refractivity contribution < 1.29 is 9.90 Å². The van der Waals surface area contributed by atoms with Gasteiger partial charge in [0.25, 0.3) is 0 Å². The average Bonchev–Trinajstić information content (AvgIpc) is 2.97. The van der Waals surface area contributed by atoms with Gasteiger partial charge in [0.15, 0.2) is 0 Å². The van der Waals surface area contributed by atoms with Gasteiger partial charge in [-0.1, -0.05) is 30.2 Å². The number of carbonyl (C=O) groups is 1. The molecule has 0 bridgehead atoms. The summed E-state index contributed by atoms with van der Waals surface area (Å²) in [4.78, 5) is 18.9. The number of likely N-dealkylation sites (tertiary alicyclic amines) is 1. The molecule has 0 radical (unpaired) electrons. The number of nitrogens with zero attached hydrogens (tertiary/aromatic N) is 2. The van der Waals surface area contributed by atoms with Gasteiger partial charge in [0.2, 0.25) is 0 Å². The predicted molar refractivity (Wildman–Crippen MR) is 88.2 cm³/mol. The summed E-state index contributed by atoms with van der Waals surface area (Å²) in [7, 11) is 0. The van der Waals surface area contributed by atoms with Crippen molar-refractivity contribution in [2.75, 3.05) is 6.54 Å². The fourth-order valence-corrected chi connectivity index (χ4v) is 3.84. The number of rotatable bonds is 4. The molecule has 1 aliphatic rings. The van der Waals surface area contributed by atoms with Crippen LogP contribution in [0.3, 0.4) is 0 Å². The third-order valence-electron chi connectivity index (χ3n) is 3.90. The van der Waals surface area contributed by atoms with Gasteiger partial charge in [0.1, 0.15) is 11.0 Å². The Labute approximate surface area is 138 Å². The first-order valence-electron chi connectivity index (χ1n) is 7.31. The van der Waals surface area contributed by atoms with Crippen LogP contribution in [0, 0.1) is 0 Å². The topological polar surface area (TPSA) is 53.4 Å². The van der Waals surface area contributed by atoms with E-state index in [2.05, 4.69) is 4.98 Å². The predicted octanol–water partition coefficient (Wildman–Crippen LogP) is 3.90. The van der Waals surface area contributed by atoms with E-state index in [-0.39, 0.29) is 6.04 Å². The summed E-state index contributed by atoms with van der Waals surface area (Å²) in [6.45, 7) is 1.49. The van der Waals surface area contributed by atoms with Crippen molar-refractivity contribution in [3.05, 3.63) is 40.4 Å². The number of carboxylic acids is 1. The summed E-state index contributed by atoms with van der Waals surface area (Å²) >= 11 is 7.51. The van der Waals surface area contributed by atoms with E-state index in [0.717, 1.165) is 41.3 Å². The Kier molecular flexibility index (Phi) is 4.76. The van der Waals surface area contributed by atoms with Crippen LogP contribution < -0.4 is 0 Å². The largest absolute Gasteiger partial charge is 0.480 e. The van der Waals surface area contributed by atoms with Gasteiger partial charge < -0.3 is 5.11 Å². The first-order valence-corrected chi connectivity index (χ1v) is 8.50. The molecule has 1 aliphatic heterocycles. The molecule has 22 heavy (non-hydrogen) atoms. The van der Waals surface area contributed by atoms with Crippen molar-refractivity contribution in [1.29, 1.82) is 0 Å². The Morgan fingerprint density at radius 3 is 2.86 bits per heavy atom. The van der Waals surface area contributed by atoms with Gasteiger partial charge in [-0.3, -0.25) is 9.69 Å². The molecule has 0 saturated carbocycles. The molecule has 4 nitrogen and oxygen atoms in total. The SMILES string of the molecule is O=C(O)C1CCCCN1Cc1cnc(-c2ccc(Cl)cc2)s1. The zero-order valence-electron chi connectivity index (χ0n) is 12.0. The Hall–Kier alpha value is -1.43. The molecule has 1 atom stereocenters. The lowest BCUT2D eigenvalue weighted by atomic mass is 10.0. The Morgan fingerprint density at radius 1 is 1.36 bits per heavy atom. The second-order valence-electron chi connectivity index (χ2n) is 5.46. The molecule has 6 heteroatoms. The third kappa shape index (κ3) is 3.48. The normalized spacial score (nSPS) is 19.2. The zero-order valence-corrected chi connectivity index (χ0v) is 13.6. The fraction of sp³-hybridized carbons (Fsp3) is 0.375. The maximum atomic E-state index is 11.3. The second kappa shape index (κ2) is 6.77. The lowest BCUT2D eigenvalue weighted by molar-refractivity contribution is -0.144. The Bertz CT molecular complexity index is 656. The number of aromatic nitrogens is 1. The number of hydrogen-bond acceptors (Lipinski definition) is 4. The molecule has 2 heterocycles. The molecule has 3 rings (SSSR count). The van der Waals surface area contributed by atoms with Crippen molar-refractivity contribution >= 4 is 28.9 Å². The van der Waals surface area contributed by atoms with Crippen molar-refractivity contribution in [3.63, 3.8) is 0 Å². The number of halogens is 1. The highest BCUT2D eigenvalue weighted by atomic mass is 35.5. The van der Waals surface area contributed by atoms with Crippen LogP contribution >= 0.6 is 22.9 Å². The molecule has 0 spiro atoms. The van der Waals surface area contributed by atoms with Crippen molar-refractivity contribution in [2.45, 2.75) is 31.8 Å². The molecule has 2 aromatic rings. The molecule has 1 aromatic carbocycles. The monoisotopic (exact) mass is 336 g/mol. The smallest absolute Gasteiger partial charge is 0.320 e. The molecule has 1 saturated heterocycles. The summed E-state index contributed by atoms with van der Waals surface area (Å²) in [6, 6.07) is 7.24. The fourth-order valence-electron chi connectivity index (χ4n) is 2.77. The highest BCUT2D eigenvalue weighted by molar-refractivity contribution is 7.15. The number of benzene rings is 1. The van der Waals surface area contributed by atoms with Crippen LogP contribution in [0.4, 0.5) is 0 Å². The number of thiazole rings is 1. The Balaban J connectivity index is 1.73. The molecule has 1 fully saturated rings. The van der Waals surface area contributed by atoms with Gasteiger partial charge in [-0.25, -0.2) is 4.98 Å². The summed E-state index contributed by atoms with van der Waals surface area (Å²) in [5, 5.41) is 11.0. The lowest BCUT2D eigenvalue weighted by Gasteiger charge is -2.32. The van der Waals surface area contributed by atoms with E-state index in [1.807, 2.05) is 35.4 Å². The Morgan fingerprint density at radius 2 is 2.14 bits per heavy atom. The molecule has 0 aliphatic carbocycles. The molecular weight excluding hydrogens is 320 g/mol. The molecular formula is C16H17ClN2O2S. The van der Waals surface area contributed by atoms with Gasteiger partial charge in [0.05, 0.1) is 0 Å². The summed E-state index contributed by atoms with van der Waals surface area (Å²) < 4.78 is 0. The van der Waals surface area contributed by atoms with Crippen LogP contribution in [0.2, 0.25) is 5.02 Å². The molecule has 1 N–H and O–H groups in total. The van der Waals surface area contributed by atoms with Crippen LogP contribution in [-0.2, 0) is 11.3 Å². The van der Waals surface area contributed by atoms with Crippen molar-refractivity contribution in [2.24, 2.45) is 0 Å². The van der Waals surface area contributed by atoms with E-state index >= 15 is 0 Å². The maximum Gasteiger partial charge on any atom is 0.320 e. The van der Waals surface area contributed by atoms with Crippen LogP contribution in [0.15, 0.2) is 30.5 Å². The van der Waals surface area contributed by atoms with Crippen LogP contribution in [-0.4, -0.2) is 33.5 Å². The van der Waals surface area contributed by atoms with Crippen molar-refractivity contribution in [1.82, 2.24) is 9.88 Å². The van der Waals surface area contributed by atoms with E-state index in [1.54, 1.807) is 11.3 Å². The van der Waals surface area contributed by atoms with Crippen LogP contribution in [0.25, 0.3) is 10.6 Å². The van der Waals surface area contributed by atoms with Crippen LogP contribution in [0.5, 0.6) is 0 Å². The van der Waals surface area contributed by atoms with Gasteiger partial charge >= 0.3 is 5.97 Å². The summed E-state index contributed by atoms with van der Waals surface area (Å²) in [5.74, 6) is -0.720. The average molecular weight is 337 g/mol. The maximum absolute atomic E-state index is 11.3. The molecule has 0 amide bonds. The molecule has 1 aromatic heterocycles. The van der Waals surface area contributed by atoms with Gasteiger partial charge in [-0.05, 0) is 31.5 Å². The molecule has 1 unspecified atom stereocenters. The van der Waals surface area contributed by atoms with E-state index in [1.165, 1.54) is 0 Å². The minimum absolute atomic E-state index is 0.366. The van der Waals surface area contributed by atoms with Crippen LogP contribution in [0.1, 0.15) is 24.1 Å². The lowest BCUT2D eigenvalue weighted by Crippen LogP contribution is -2.43. The first kappa shape index (κ1) is 15.5. The zero-order chi connectivity index (χ0) is 15.5. The van der Waals surface area contributed by atoms with E-state index in [4.69, 9.17) is 11.6 Å². The molecule has 116 valence electrons. The minimum Gasteiger partial charge on any atom is -0.480 e. The van der Waals surface area contributed by atoms with E-state index in [0.29, 0.717) is 11.6 Å². The quantitative estimate of drug-likeness (QED) is 0.920. The highest BCUT2D eigenvalue weighted by Crippen LogP contribution is 2.28. The number of aliphatic carboxylic acids is 1. The van der Waals surface area contributed by atoms with E-state index < -0.39 is 5.97 Å². The summed E-state index contributed by atoms with van der Waals surface area (Å²) in [6.07, 6.45) is 4.64. The second-order valence-corrected chi connectivity index (χ2v) is 7.01. The minimum atomic E-state index is -0.720. The van der Waals surface area contributed by atoms with Gasteiger partial charge in [-0.2, -0.15) is 0 Å². The van der Waals surface area contributed by atoms with Gasteiger partial charge in [0, 0.05) is 28.2 Å². The summed E-state index contributed by atoms with van der Waals surface area (Å²) in [5.41, 5.74) is 1.04. The number of piperidine rings is 1. The van der Waals surface area contributed by atoms with Gasteiger partial charge in [-0.15, -0.1) is 11.3 Å². The number of carboxylic acid groups (broad SMARTS) is 1. The number of hydrogen-bond donors (Lipinski definition) is 1. The first-order chi connectivity index (χ1) is 10.6. The van der Waals surface area contributed by atoms with E-state index in [9.17, 15) is 9.90 Å². The highest BCUT2D eigenvalue weighted by Gasteiger charge is 2.28. The standard InChI is InChI=1S/C16H17ClN2O2S/c17-12-6-4-11(5-7-12)15-18-9-13(22-15)10-19-8-2-1-3-14(19)16(20)21/h4-7,9,14H,1-3,8,10H2,(H,20,21). The third-order valence-corrected chi connectivity index (χ3v) is 5.19. The van der Waals surface area contributed by atoms with Crippen molar-refractivity contribution in [3.8, 4) is 10.6 Å².